The molecule has 0 unspecified atom stereocenters. The summed E-state index contributed by atoms with van der Waals surface area (Å²) >= 11 is 0. The molecule has 0 aromatic heterocycles. The summed E-state index contributed by atoms with van der Waals surface area (Å²) in [5.41, 5.74) is 1.19. The van der Waals surface area contributed by atoms with Crippen molar-refractivity contribution in [1.29, 1.82) is 0 Å². The summed E-state index contributed by atoms with van der Waals surface area (Å²) in [5, 5.41) is 3.23. The number of rotatable bonds is 4. The number of benzene rings is 1. The molecule has 1 N–H and O–H groups in total. The largest absolute Gasteiger partial charge is 0.315 e. The van der Waals surface area contributed by atoms with Crippen molar-refractivity contribution < 1.29 is 8.42 Å². The Morgan fingerprint density at radius 2 is 1.85 bits per heavy atom. The Bertz CT molecular complexity index is 515. The Kier molecular flexibility index (Phi) is 5.18. The first-order chi connectivity index (χ1) is 9.50. The highest BCUT2D eigenvalue weighted by Crippen LogP contribution is 2.18. The molecule has 0 saturated carbocycles. The van der Waals surface area contributed by atoms with Gasteiger partial charge in [-0.2, -0.15) is 4.31 Å². The van der Waals surface area contributed by atoms with E-state index in [0.29, 0.717) is 23.9 Å². The van der Waals surface area contributed by atoms with Gasteiger partial charge in [0.2, 0.25) is 10.0 Å². The second-order valence-electron chi connectivity index (χ2n) is 5.75. The molecular formula is C15H24N2O2S. The molecule has 4 nitrogen and oxygen atoms in total. The molecule has 1 aliphatic rings. The van der Waals surface area contributed by atoms with Crippen LogP contribution in [-0.4, -0.2) is 38.9 Å². The van der Waals surface area contributed by atoms with E-state index in [4.69, 9.17) is 0 Å². The minimum Gasteiger partial charge on any atom is -0.315 e. The summed E-state index contributed by atoms with van der Waals surface area (Å²) < 4.78 is 26.7. The van der Waals surface area contributed by atoms with Gasteiger partial charge in [0, 0.05) is 19.6 Å². The van der Waals surface area contributed by atoms with Gasteiger partial charge < -0.3 is 5.32 Å². The first-order valence-electron chi connectivity index (χ1n) is 7.30. The standard InChI is InChI=1S/C15H24N2O2S/c1-13(2)12-14-4-6-15(7-5-14)20(18,19)17-10-3-8-16-9-11-17/h4-7,13,16H,3,8-12H2,1-2H3. The van der Waals surface area contributed by atoms with Crippen molar-refractivity contribution in [3.05, 3.63) is 29.8 Å². The van der Waals surface area contributed by atoms with E-state index in [9.17, 15) is 8.42 Å². The van der Waals surface area contributed by atoms with Crippen LogP contribution in [-0.2, 0) is 16.4 Å². The van der Waals surface area contributed by atoms with Crippen LogP contribution in [0.4, 0.5) is 0 Å². The van der Waals surface area contributed by atoms with E-state index in [-0.39, 0.29) is 0 Å². The highest BCUT2D eigenvalue weighted by atomic mass is 32.2. The first-order valence-corrected chi connectivity index (χ1v) is 8.74. The zero-order chi connectivity index (χ0) is 14.6. The lowest BCUT2D eigenvalue weighted by atomic mass is 10.0. The molecule has 0 spiro atoms. The van der Waals surface area contributed by atoms with Crippen LogP contribution < -0.4 is 5.32 Å². The molecule has 0 aliphatic carbocycles. The normalized spacial score (nSPS) is 18.1. The van der Waals surface area contributed by atoms with Crippen molar-refractivity contribution in [2.75, 3.05) is 26.2 Å². The van der Waals surface area contributed by atoms with Crippen molar-refractivity contribution in [1.82, 2.24) is 9.62 Å². The number of nitrogens with one attached hydrogen (secondary N) is 1. The van der Waals surface area contributed by atoms with Gasteiger partial charge >= 0.3 is 0 Å². The molecule has 2 rings (SSSR count). The molecule has 0 radical (unpaired) electrons. The van der Waals surface area contributed by atoms with Crippen LogP contribution in [0, 0.1) is 5.92 Å². The van der Waals surface area contributed by atoms with E-state index in [1.807, 2.05) is 12.1 Å². The summed E-state index contributed by atoms with van der Waals surface area (Å²) in [6, 6.07) is 7.35. The van der Waals surface area contributed by atoms with E-state index in [1.54, 1.807) is 16.4 Å². The topological polar surface area (TPSA) is 49.4 Å². The lowest BCUT2D eigenvalue weighted by molar-refractivity contribution is 0.432. The Hall–Kier alpha value is -0.910. The fourth-order valence-corrected chi connectivity index (χ4v) is 3.96. The average Bonchev–Trinajstić information content (AvgIpc) is 2.68. The molecule has 1 aromatic carbocycles. The third-order valence-corrected chi connectivity index (χ3v) is 5.42. The zero-order valence-corrected chi connectivity index (χ0v) is 13.1. The predicted molar refractivity (Wildman–Crippen MR) is 81.2 cm³/mol. The summed E-state index contributed by atoms with van der Waals surface area (Å²) in [6.45, 7) is 7.09. The molecule has 1 heterocycles. The molecule has 112 valence electrons. The average molecular weight is 296 g/mol. The lowest BCUT2D eigenvalue weighted by Crippen LogP contribution is -2.34. The monoisotopic (exact) mass is 296 g/mol. The van der Waals surface area contributed by atoms with Crippen molar-refractivity contribution in [2.24, 2.45) is 5.92 Å². The van der Waals surface area contributed by atoms with E-state index in [2.05, 4.69) is 19.2 Å². The summed E-state index contributed by atoms with van der Waals surface area (Å²) in [4.78, 5) is 0.409. The molecule has 5 heteroatoms. The Balaban J connectivity index is 2.16. The fraction of sp³-hybridized carbons (Fsp3) is 0.600. The SMILES string of the molecule is CC(C)Cc1ccc(S(=O)(=O)N2CCCNCC2)cc1. The maximum Gasteiger partial charge on any atom is 0.243 e. The van der Waals surface area contributed by atoms with Crippen LogP contribution in [0.2, 0.25) is 0 Å². The van der Waals surface area contributed by atoms with Crippen LogP contribution in [0.3, 0.4) is 0 Å². The summed E-state index contributed by atoms with van der Waals surface area (Å²) in [7, 11) is -3.34. The Morgan fingerprint density at radius 3 is 2.50 bits per heavy atom. The molecule has 0 amide bonds. The summed E-state index contributed by atoms with van der Waals surface area (Å²) in [5.74, 6) is 0.578. The number of hydrogen-bond donors (Lipinski definition) is 1. The van der Waals surface area contributed by atoms with Gasteiger partial charge in [0.1, 0.15) is 0 Å². The smallest absolute Gasteiger partial charge is 0.243 e. The van der Waals surface area contributed by atoms with Gasteiger partial charge in [0.15, 0.2) is 0 Å². The molecule has 20 heavy (non-hydrogen) atoms. The van der Waals surface area contributed by atoms with Gasteiger partial charge in [-0.15, -0.1) is 0 Å². The highest BCUT2D eigenvalue weighted by molar-refractivity contribution is 7.89. The van der Waals surface area contributed by atoms with Crippen LogP contribution in [0.5, 0.6) is 0 Å². The third kappa shape index (κ3) is 3.81. The van der Waals surface area contributed by atoms with Crippen molar-refractivity contribution in [2.45, 2.75) is 31.6 Å². The minimum absolute atomic E-state index is 0.409. The maximum absolute atomic E-state index is 12.6. The van der Waals surface area contributed by atoms with E-state index < -0.39 is 10.0 Å². The Morgan fingerprint density at radius 1 is 1.15 bits per heavy atom. The van der Waals surface area contributed by atoms with Crippen LogP contribution in [0.25, 0.3) is 0 Å². The quantitative estimate of drug-likeness (QED) is 0.923. The van der Waals surface area contributed by atoms with E-state index in [1.165, 1.54) is 5.56 Å². The third-order valence-electron chi connectivity index (χ3n) is 3.50. The Labute approximate surface area is 122 Å². The number of hydrogen-bond acceptors (Lipinski definition) is 3. The minimum atomic E-state index is -3.34. The molecule has 1 fully saturated rings. The van der Waals surface area contributed by atoms with Gasteiger partial charge in [-0.3, -0.25) is 0 Å². The maximum atomic E-state index is 12.6. The van der Waals surface area contributed by atoms with Crippen molar-refractivity contribution >= 4 is 10.0 Å². The molecule has 1 saturated heterocycles. The van der Waals surface area contributed by atoms with Gasteiger partial charge in [-0.05, 0) is 43.0 Å². The van der Waals surface area contributed by atoms with Gasteiger partial charge in [-0.1, -0.05) is 26.0 Å². The molecule has 1 aromatic rings. The number of nitrogens with zero attached hydrogens (tertiary/aromatic N) is 1. The van der Waals surface area contributed by atoms with Gasteiger partial charge in [0.25, 0.3) is 0 Å². The zero-order valence-electron chi connectivity index (χ0n) is 12.3. The van der Waals surface area contributed by atoms with Crippen LogP contribution in [0.1, 0.15) is 25.8 Å². The predicted octanol–water partition coefficient (Wildman–Crippen LogP) is 1.87. The lowest BCUT2D eigenvalue weighted by Gasteiger charge is -2.19. The van der Waals surface area contributed by atoms with Gasteiger partial charge in [-0.25, -0.2) is 8.42 Å². The molecular weight excluding hydrogens is 272 g/mol. The van der Waals surface area contributed by atoms with Crippen molar-refractivity contribution in [3.8, 4) is 0 Å². The fourth-order valence-electron chi connectivity index (χ4n) is 2.48. The molecule has 0 bridgehead atoms. The summed E-state index contributed by atoms with van der Waals surface area (Å²) in [6.07, 6.45) is 1.85. The van der Waals surface area contributed by atoms with E-state index in [0.717, 1.165) is 25.9 Å². The molecule has 0 atom stereocenters. The van der Waals surface area contributed by atoms with Gasteiger partial charge in [0.05, 0.1) is 4.90 Å². The van der Waals surface area contributed by atoms with Crippen LogP contribution in [0.15, 0.2) is 29.2 Å². The van der Waals surface area contributed by atoms with Crippen LogP contribution >= 0.6 is 0 Å². The first kappa shape index (κ1) is 15.5. The highest BCUT2D eigenvalue weighted by Gasteiger charge is 2.24. The molecule has 1 aliphatic heterocycles. The van der Waals surface area contributed by atoms with E-state index >= 15 is 0 Å². The number of sulfonamides is 1. The second-order valence-corrected chi connectivity index (χ2v) is 7.69. The van der Waals surface area contributed by atoms with Crippen molar-refractivity contribution in [3.63, 3.8) is 0 Å². The second kappa shape index (κ2) is 6.70.